The normalized spacial score (nSPS) is 13.1. The van der Waals surface area contributed by atoms with E-state index in [9.17, 15) is 19.2 Å². The number of fused-ring (bicyclic) bond motifs is 1. The van der Waals surface area contributed by atoms with Gasteiger partial charge in [-0.2, -0.15) is 5.26 Å². The van der Waals surface area contributed by atoms with Gasteiger partial charge in [-0.25, -0.2) is 9.59 Å². The summed E-state index contributed by atoms with van der Waals surface area (Å²) in [4.78, 5) is 50.3. The van der Waals surface area contributed by atoms with Crippen molar-refractivity contribution >= 4 is 45.8 Å². The number of hydrogen-bond acceptors (Lipinski definition) is 8. The molecule has 0 radical (unpaired) electrons. The molecule has 1 aliphatic carbocycles. The maximum atomic E-state index is 12.8. The van der Waals surface area contributed by atoms with E-state index >= 15 is 0 Å². The Morgan fingerprint density at radius 1 is 1.09 bits per heavy atom. The summed E-state index contributed by atoms with van der Waals surface area (Å²) >= 11 is 1.36. The number of amides is 2. The monoisotopic (exact) mass is 483 g/mol. The number of hydrogen-bond donors (Lipinski definition) is 2. The van der Waals surface area contributed by atoms with E-state index in [1.807, 2.05) is 0 Å². The van der Waals surface area contributed by atoms with Crippen molar-refractivity contribution in [2.45, 2.75) is 52.1 Å². The lowest BCUT2D eigenvalue weighted by molar-refractivity contribution is -0.123. The summed E-state index contributed by atoms with van der Waals surface area (Å²) < 4.78 is 10.5. The van der Waals surface area contributed by atoms with Crippen LogP contribution in [-0.4, -0.2) is 36.5 Å². The van der Waals surface area contributed by atoms with E-state index in [0.29, 0.717) is 16.3 Å². The number of nitrogens with zero attached hydrogens (tertiary/aromatic N) is 1. The summed E-state index contributed by atoms with van der Waals surface area (Å²) in [6, 6.07) is 7.64. The van der Waals surface area contributed by atoms with E-state index in [2.05, 4.69) is 10.6 Å². The zero-order chi connectivity index (χ0) is 24.7. The second kappa shape index (κ2) is 11.4. The molecule has 0 aliphatic heterocycles. The number of anilines is 2. The van der Waals surface area contributed by atoms with Crippen molar-refractivity contribution in [1.29, 1.82) is 5.26 Å². The first-order valence-electron chi connectivity index (χ1n) is 10.9. The predicted octanol–water partition coefficient (Wildman–Crippen LogP) is 3.84. The van der Waals surface area contributed by atoms with Gasteiger partial charge < -0.3 is 20.1 Å². The van der Waals surface area contributed by atoms with Crippen LogP contribution in [0.1, 0.15) is 64.3 Å². The van der Waals surface area contributed by atoms with Gasteiger partial charge in [-0.05, 0) is 69.4 Å². The van der Waals surface area contributed by atoms with Crippen molar-refractivity contribution in [1.82, 2.24) is 0 Å². The summed E-state index contributed by atoms with van der Waals surface area (Å²) in [5.41, 5.74) is 1.94. The fourth-order valence-electron chi connectivity index (χ4n) is 3.54. The lowest BCUT2D eigenvalue weighted by Gasteiger charge is -2.14. The highest BCUT2D eigenvalue weighted by Gasteiger charge is 2.29. The molecule has 0 saturated heterocycles. The first-order valence-corrected chi connectivity index (χ1v) is 11.8. The van der Waals surface area contributed by atoms with Gasteiger partial charge in [0.25, 0.3) is 5.91 Å². The van der Waals surface area contributed by atoms with Crippen LogP contribution < -0.4 is 10.6 Å². The minimum Gasteiger partial charge on any atom is -0.462 e. The van der Waals surface area contributed by atoms with E-state index in [1.54, 1.807) is 13.0 Å². The van der Waals surface area contributed by atoms with Crippen molar-refractivity contribution < 1.29 is 28.7 Å². The van der Waals surface area contributed by atoms with Gasteiger partial charge in [-0.1, -0.05) is 0 Å². The molecule has 0 unspecified atom stereocenters. The van der Waals surface area contributed by atoms with Crippen molar-refractivity contribution in [3.8, 4) is 6.07 Å². The maximum absolute atomic E-state index is 12.8. The van der Waals surface area contributed by atoms with E-state index in [4.69, 9.17) is 14.7 Å². The summed E-state index contributed by atoms with van der Waals surface area (Å²) in [6.07, 6.45) is 2.21. The summed E-state index contributed by atoms with van der Waals surface area (Å²) in [5, 5.41) is 14.2. The summed E-state index contributed by atoms with van der Waals surface area (Å²) in [5.74, 6) is -2.20. The lowest BCUT2D eigenvalue weighted by Crippen LogP contribution is -2.30. The van der Waals surface area contributed by atoms with E-state index in [-0.39, 0.29) is 18.6 Å². The van der Waals surface area contributed by atoms with Crippen LogP contribution in [-0.2, 0) is 31.9 Å². The van der Waals surface area contributed by atoms with E-state index in [0.717, 1.165) is 36.1 Å². The third kappa shape index (κ3) is 5.99. The van der Waals surface area contributed by atoms with Crippen molar-refractivity contribution in [3.05, 3.63) is 45.8 Å². The second-order valence-corrected chi connectivity index (χ2v) is 8.74. The third-order valence-electron chi connectivity index (χ3n) is 5.18. The number of carbonyl (C=O) groups excluding carboxylic acids is 4. The van der Waals surface area contributed by atoms with Crippen LogP contribution in [0.4, 0.5) is 10.7 Å². The minimum absolute atomic E-state index is 0.191. The Kier molecular flexibility index (Phi) is 8.38. The van der Waals surface area contributed by atoms with Crippen LogP contribution in [0.5, 0.6) is 0 Å². The number of carbonyl (C=O) groups is 4. The highest BCUT2D eigenvalue weighted by atomic mass is 32.1. The molecule has 2 N–H and O–H groups in total. The molecule has 1 aromatic carbocycles. The van der Waals surface area contributed by atoms with Crippen LogP contribution >= 0.6 is 11.3 Å². The Balaban J connectivity index is 1.65. The summed E-state index contributed by atoms with van der Waals surface area (Å²) in [6.45, 7) is 3.40. The van der Waals surface area contributed by atoms with Crippen LogP contribution in [0.3, 0.4) is 0 Å². The Morgan fingerprint density at radius 2 is 1.79 bits per heavy atom. The number of esters is 2. The molecule has 1 heterocycles. The van der Waals surface area contributed by atoms with Crippen LogP contribution in [0, 0.1) is 11.3 Å². The van der Waals surface area contributed by atoms with Gasteiger partial charge in [-0.15, -0.1) is 11.3 Å². The topological polar surface area (TPSA) is 135 Å². The molecule has 10 heteroatoms. The van der Waals surface area contributed by atoms with Gasteiger partial charge in [-0.3, -0.25) is 9.59 Å². The first kappa shape index (κ1) is 24.9. The standard InChI is InChI=1S/C24H25N3O6S/c1-3-32-24(31)20-17-6-4-5-7-18(17)34-22(20)27-21(29)14(2)33-23(30)15-8-10-16(11-9-15)26-19(28)12-13-25/h8-11,14H,3-7,12H2,1-2H3,(H,26,28)(H,27,29)/t14-/m0/s1. The maximum Gasteiger partial charge on any atom is 0.341 e. The number of nitrogens with one attached hydrogen (secondary N) is 2. The van der Waals surface area contributed by atoms with Gasteiger partial charge >= 0.3 is 11.9 Å². The molecule has 0 fully saturated rings. The molecule has 34 heavy (non-hydrogen) atoms. The van der Waals surface area contributed by atoms with Gasteiger partial charge in [0.2, 0.25) is 5.91 Å². The molecule has 1 aromatic heterocycles. The molecular formula is C24H25N3O6S. The average molecular weight is 484 g/mol. The summed E-state index contributed by atoms with van der Waals surface area (Å²) in [7, 11) is 0. The SMILES string of the molecule is CCOC(=O)c1c(NC(=O)[C@H](C)OC(=O)c2ccc(NC(=O)CC#N)cc2)sc2c1CCCC2. The van der Waals surface area contributed by atoms with Crippen molar-refractivity contribution in [3.63, 3.8) is 0 Å². The Morgan fingerprint density at radius 3 is 2.47 bits per heavy atom. The quantitative estimate of drug-likeness (QED) is 0.545. The van der Waals surface area contributed by atoms with Crippen LogP contribution in [0.25, 0.3) is 0 Å². The van der Waals surface area contributed by atoms with Gasteiger partial charge in [0.15, 0.2) is 6.10 Å². The Labute approximate surface area is 201 Å². The molecule has 178 valence electrons. The van der Waals surface area contributed by atoms with E-state index in [1.165, 1.54) is 42.5 Å². The van der Waals surface area contributed by atoms with Gasteiger partial charge in [0.1, 0.15) is 11.4 Å². The minimum atomic E-state index is -1.11. The molecule has 1 aliphatic rings. The third-order valence-corrected chi connectivity index (χ3v) is 6.39. The first-order chi connectivity index (χ1) is 16.3. The molecule has 1 atom stereocenters. The smallest absolute Gasteiger partial charge is 0.341 e. The highest BCUT2D eigenvalue weighted by molar-refractivity contribution is 7.17. The molecule has 9 nitrogen and oxygen atoms in total. The van der Waals surface area contributed by atoms with Crippen molar-refractivity contribution in [2.75, 3.05) is 17.2 Å². The number of rotatable bonds is 8. The highest BCUT2D eigenvalue weighted by Crippen LogP contribution is 2.38. The number of nitriles is 1. The number of aryl methyl sites for hydroxylation is 1. The molecule has 2 amide bonds. The molecular weight excluding hydrogens is 458 g/mol. The lowest BCUT2D eigenvalue weighted by atomic mass is 9.95. The molecule has 0 spiro atoms. The number of ether oxygens (including phenoxy) is 2. The molecule has 2 aromatic rings. The van der Waals surface area contributed by atoms with Crippen LogP contribution in [0.15, 0.2) is 24.3 Å². The Bertz CT molecular complexity index is 1130. The number of thiophene rings is 1. The fraction of sp³-hybridized carbons (Fsp3) is 0.375. The largest absolute Gasteiger partial charge is 0.462 e. The average Bonchev–Trinajstić information content (AvgIpc) is 3.17. The van der Waals surface area contributed by atoms with Crippen LogP contribution in [0.2, 0.25) is 0 Å². The van der Waals surface area contributed by atoms with Gasteiger partial charge in [0.05, 0.1) is 23.8 Å². The number of benzene rings is 1. The zero-order valence-electron chi connectivity index (χ0n) is 18.9. The van der Waals surface area contributed by atoms with Gasteiger partial charge in [0, 0.05) is 10.6 Å². The van der Waals surface area contributed by atoms with Crippen molar-refractivity contribution in [2.24, 2.45) is 0 Å². The Hall–Kier alpha value is -3.71. The predicted molar refractivity (Wildman–Crippen MR) is 126 cm³/mol. The molecule has 0 bridgehead atoms. The molecule has 3 rings (SSSR count). The zero-order valence-corrected chi connectivity index (χ0v) is 19.8. The molecule has 0 saturated carbocycles. The van der Waals surface area contributed by atoms with E-state index < -0.39 is 29.9 Å². The second-order valence-electron chi connectivity index (χ2n) is 7.63. The fourth-order valence-corrected chi connectivity index (χ4v) is 4.82.